The molecule has 1 unspecified atom stereocenters. The number of aryl methyl sites for hydroxylation is 1. The first-order valence-electron chi connectivity index (χ1n) is 7.12. The molecule has 1 atom stereocenters. The van der Waals surface area contributed by atoms with Gasteiger partial charge in [0.15, 0.2) is 0 Å². The molecule has 1 aromatic carbocycles. The van der Waals surface area contributed by atoms with Crippen molar-refractivity contribution in [2.75, 3.05) is 6.54 Å². The zero-order valence-electron chi connectivity index (χ0n) is 12.1. The lowest BCUT2D eigenvalue weighted by Crippen LogP contribution is -2.26. The molecule has 0 saturated carbocycles. The number of nitrogens with zero attached hydrogens (tertiary/aromatic N) is 2. The van der Waals surface area contributed by atoms with Crippen molar-refractivity contribution in [2.45, 2.75) is 12.5 Å². The van der Waals surface area contributed by atoms with Crippen molar-refractivity contribution in [1.29, 1.82) is 0 Å². The van der Waals surface area contributed by atoms with E-state index < -0.39 is 0 Å². The van der Waals surface area contributed by atoms with Crippen LogP contribution in [0.2, 0.25) is 0 Å². The summed E-state index contributed by atoms with van der Waals surface area (Å²) < 4.78 is 7.58. The molecule has 21 heavy (non-hydrogen) atoms. The first kappa shape index (κ1) is 13.6. The largest absolute Gasteiger partial charge is 0.467 e. The first-order chi connectivity index (χ1) is 10.3. The summed E-state index contributed by atoms with van der Waals surface area (Å²) in [5.74, 6) is 1.84. The topological polar surface area (TPSA) is 43.0 Å². The Morgan fingerprint density at radius 2 is 2.05 bits per heavy atom. The second-order valence-electron chi connectivity index (χ2n) is 5.03. The van der Waals surface area contributed by atoms with Crippen LogP contribution in [-0.2, 0) is 13.5 Å². The van der Waals surface area contributed by atoms with Crippen LogP contribution in [0.1, 0.15) is 23.2 Å². The highest BCUT2D eigenvalue weighted by Crippen LogP contribution is 2.20. The quantitative estimate of drug-likeness (QED) is 0.755. The minimum Gasteiger partial charge on any atom is -0.467 e. The molecular formula is C17H19N3O. The predicted molar refractivity (Wildman–Crippen MR) is 81.9 cm³/mol. The third-order valence-corrected chi connectivity index (χ3v) is 3.55. The highest BCUT2D eigenvalue weighted by Gasteiger charge is 2.19. The maximum atomic E-state index is 5.56. The van der Waals surface area contributed by atoms with Gasteiger partial charge in [-0.1, -0.05) is 30.3 Å². The van der Waals surface area contributed by atoms with Crippen LogP contribution in [0.5, 0.6) is 0 Å². The Morgan fingerprint density at radius 3 is 2.71 bits per heavy atom. The lowest BCUT2D eigenvalue weighted by atomic mass is 10.1. The van der Waals surface area contributed by atoms with Crippen LogP contribution in [0.3, 0.4) is 0 Å². The van der Waals surface area contributed by atoms with E-state index in [1.165, 1.54) is 5.56 Å². The summed E-state index contributed by atoms with van der Waals surface area (Å²) in [6.45, 7) is 0.863. The van der Waals surface area contributed by atoms with Crippen molar-refractivity contribution in [3.8, 4) is 0 Å². The van der Waals surface area contributed by atoms with E-state index in [4.69, 9.17) is 4.42 Å². The molecule has 3 rings (SSSR count). The Balaban J connectivity index is 1.70. The van der Waals surface area contributed by atoms with Crippen molar-refractivity contribution < 1.29 is 4.42 Å². The number of aromatic nitrogens is 2. The molecule has 3 aromatic rings. The fourth-order valence-corrected chi connectivity index (χ4v) is 2.44. The summed E-state index contributed by atoms with van der Waals surface area (Å²) in [5, 5.41) is 3.54. The third-order valence-electron chi connectivity index (χ3n) is 3.55. The average Bonchev–Trinajstić information content (AvgIpc) is 3.17. The third kappa shape index (κ3) is 3.23. The van der Waals surface area contributed by atoms with Crippen LogP contribution >= 0.6 is 0 Å². The summed E-state index contributed by atoms with van der Waals surface area (Å²) in [4.78, 5) is 4.44. The van der Waals surface area contributed by atoms with E-state index in [1.807, 2.05) is 42.2 Å². The second-order valence-corrected chi connectivity index (χ2v) is 5.03. The van der Waals surface area contributed by atoms with Crippen molar-refractivity contribution in [3.63, 3.8) is 0 Å². The Kier molecular flexibility index (Phi) is 4.17. The van der Waals surface area contributed by atoms with Gasteiger partial charge in [-0.15, -0.1) is 0 Å². The van der Waals surface area contributed by atoms with Gasteiger partial charge in [0.2, 0.25) is 0 Å². The number of nitrogens with one attached hydrogen (secondary N) is 1. The molecule has 0 saturated heterocycles. The molecule has 0 amide bonds. The molecule has 0 aliphatic carbocycles. The predicted octanol–water partition coefficient (Wildman–Crippen LogP) is 2.93. The minimum absolute atomic E-state index is 0.0243. The van der Waals surface area contributed by atoms with Crippen molar-refractivity contribution >= 4 is 0 Å². The zero-order valence-corrected chi connectivity index (χ0v) is 12.1. The summed E-state index contributed by atoms with van der Waals surface area (Å²) in [5.41, 5.74) is 1.32. The van der Waals surface area contributed by atoms with E-state index in [1.54, 1.807) is 6.26 Å². The van der Waals surface area contributed by atoms with E-state index in [2.05, 4.69) is 34.6 Å². The van der Waals surface area contributed by atoms with E-state index in [-0.39, 0.29) is 6.04 Å². The van der Waals surface area contributed by atoms with Crippen LogP contribution in [-0.4, -0.2) is 16.1 Å². The van der Waals surface area contributed by atoms with Crippen molar-refractivity contribution in [1.82, 2.24) is 14.9 Å². The Morgan fingerprint density at radius 1 is 1.19 bits per heavy atom. The molecule has 0 aliphatic heterocycles. The molecule has 0 fully saturated rings. The number of benzene rings is 1. The summed E-state index contributed by atoms with van der Waals surface area (Å²) in [6, 6.07) is 14.3. The van der Waals surface area contributed by atoms with Crippen LogP contribution < -0.4 is 5.32 Å². The Bertz CT molecular complexity index is 658. The number of hydrogen-bond donors (Lipinski definition) is 1. The van der Waals surface area contributed by atoms with Gasteiger partial charge in [0.25, 0.3) is 0 Å². The van der Waals surface area contributed by atoms with Crippen LogP contribution in [0.25, 0.3) is 0 Å². The van der Waals surface area contributed by atoms with E-state index in [0.29, 0.717) is 0 Å². The summed E-state index contributed by atoms with van der Waals surface area (Å²) in [7, 11) is 2.00. The molecule has 2 heterocycles. The second kappa shape index (κ2) is 6.41. The van der Waals surface area contributed by atoms with Gasteiger partial charge < -0.3 is 14.3 Å². The number of imidazole rings is 1. The highest BCUT2D eigenvalue weighted by molar-refractivity contribution is 5.17. The van der Waals surface area contributed by atoms with Gasteiger partial charge in [0, 0.05) is 26.0 Å². The molecule has 0 bridgehead atoms. The van der Waals surface area contributed by atoms with E-state index in [9.17, 15) is 0 Å². The monoisotopic (exact) mass is 281 g/mol. The van der Waals surface area contributed by atoms with Gasteiger partial charge in [0.05, 0.1) is 6.26 Å². The Labute approximate surface area is 124 Å². The van der Waals surface area contributed by atoms with Gasteiger partial charge in [-0.3, -0.25) is 0 Å². The van der Waals surface area contributed by atoms with Crippen LogP contribution in [0.4, 0.5) is 0 Å². The summed E-state index contributed by atoms with van der Waals surface area (Å²) in [6.07, 6.45) is 6.43. The molecular weight excluding hydrogens is 262 g/mol. The molecule has 2 aromatic heterocycles. The lowest BCUT2D eigenvalue weighted by molar-refractivity contribution is 0.431. The minimum atomic E-state index is -0.0243. The lowest BCUT2D eigenvalue weighted by Gasteiger charge is -2.16. The van der Waals surface area contributed by atoms with Gasteiger partial charge in [0.1, 0.15) is 17.6 Å². The maximum absolute atomic E-state index is 5.56. The number of furan rings is 1. The fourth-order valence-electron chi connectivity index (χ4n) is 2.44. The fraction of sp³-hybridized carbons (Fsp3) is 0.235. The standard InChI is InChI=1S/C17H19N3O/c1-20-12-11-19-17(20)16(15-8-5-13-21-15)18-10-9-14-6-3-2-4-7-14/h2-8,11-13,16,18H,9-10H2,1H3. The average molecular weight is 281 g/mol. The molecule has 0 spiro atoms. The van der Waals surface area contributed by atoms with Crippen LogP contribution in [0.15, 0.2) is 65.5 Å². The first-order valence-corrected chi connectivity index (χ1v) is 7.12. The zero-order chi connectivity index (χ0) is 14.5. The highest BCUT2D eigenvalue weighted by atomic mass is 16.3. The van der Waals surface area contributed by atoms with E-state index in [0.717, 1.165) is 24.6 Å². The Hall–Kier alpha value is -2.33. The maximum Gasteiger partial charge on any atom is 0.133 e. The number of rotatable bonds is 6. The molecule has 4 heteroatoms. The van der Waals surface area contributed by atoms with Crippen molar-refractivity contribution in [3.05, 3.63) is 78.3 Å². The molecule has 4 nitrogen and oxygen atoms in total. The smallest absolute Gasteiger partial charge is 0.133 e. The molecule has 0 radical (unpaired) electrons. The van der Waals surface area contributed by atoms with Crippen molar-refractivity contribution in [2.24, 2.45) is 7.05 Å². The van der Waals surface area contributed by atoms with E-state index >= 15 is 0 Å². The summed E-state index contributed by atoms with van der Waals surface area (Å²) >= 11 is 0. The SMILES string of the molecule is Cn1ccnc1C(NCCc1ccccc1)c1ccco1. The van der Waals surface area contributed by atoms with Gasteiger partial charge in [-0.2, -0.15) is 0 Å². The van der Waals surface area contributed by atoms with Gasteiger partial charge in [-0.05, 0) is 24.1 Å². The normalized spacial score (nSPS) is 12.4. The molecule has 0 aliphatic rings. The molecule has 108 valence electrons. The van der Waals surface area contributed by atoms with Crippen LogP contribution in [0, 0.1) is 0 Å². The van der Waals surface area contributed by atoms with Gasteiger partial charge in [-0.25, -0.2) is 4.98 Å². The molecule has 1 N–H and O–H groups in total. The van der Waals surface area contributed by atoms with Gasteiger partial charge >= 0.3 is 0 Å². The number of hydrogen-bond acceptors (Lipinski definition) is 3.